The summed E-state index contributed by atoms with van der Waals surface area (Å²) < 4.78 is 10.4. The van der Waals surface area contributed by atoms with Gasteiger partial charge in [0.1, 0.15) is 6.07 Å². The van der Waals surface area contributed by atoms with E-state index in [-0.39, 0.29) is 0 Å². The summed E-state index contributed by atoms with van der Waals surface area (Å²) in [6.07, 6.45) is 1.47. The molecular weight excluding hydrogens is 290 g/mol. The first-order valence-electron chi connectivity index (χ1n) is 7.15. The number of benzene rings is 2. The van der Waals surface area contributed by atoms with Crippen LogP contribution in [-0.2, 0) is 14.3 Å². The summed E-state index contributed by atoms with van der Waals surface area (Å²) in [4.78, 5) is 12.2. The van der Waals surface area contributed by atoms with Gasteiger partial charge in [-0.25, -0.2) is 4.79 Å². The molecule has 2 aromatic carbocycles. The number of carbonyl (C=O) groups is 1. The van der Waals surface area contributed by atoms with Gasteiger partial charge in [-0.2, -0.15) is 5.26 Å². The molecule has 4 heteroatoms. The number of nitriles is 1. The molecular formula is C19H17NO3. The van der Waals surface area contributed by atoms with Crippen LogP contribution in [0.15, 0.2) is 66.7 Å². The third-order valence-electron chi connectivity index (χ3n) is 3.19. The molecule has 0 aliphatic carbocycles. The van der Waals surface area contributed by atoms with E-state index in [1.807, 2.05) is 54.6 Å². The van der Waals surface area contributed by atoms with Crippen molar-refractivity contribution in [3.8, 4) is 6.07 Å². The van der Waals surface area contributed by atoms with Crippen LogP contribution in [-0.4, -0.2) is 19.2 Å². The Kier molecular flexibility index (Phi) is 6.10. The van der Waals surface area contributed by atoms with Crippen LogP contribution >= 0.6 is 0 Å². The average Bonchev–Trinajstić information content (AvgIpc) is 2.61. The lowest BCUT2D eigenvalue weighted by atomic mass is 10.1. The van der Waals surface area contributed by atoms with Crippen LogP contribution in [0.2, 0.25) is 0 Å². The van der Waals surface area contributed by atoms with Gasteiger partial charge in [0, 0.05) is 7.11 Å². The van der Waals surface area contributed by atoms with Crippen LogP contribution in [0.1, 0.15) is 17.2 Å². The molecule has 0 heterocycles. The molecule has 0 aliphatic rings. The Labute approximate surface area is 135 Å². The fraction of sp³-hybridized carbons (Fsp3) is 0.158. The second kappa shape index (κ2) is 8.52. The van der Waals surface area contributed by atoms with Crippen molar-refractivity contribution in [1.29, 1.82) is 5.26 Å². The molecule has 0 aromatic heterocycles. The van der Waals surface area contributed by atoms with Gasteiger partial charge in [0.15, 0.2) is 6.10 Å². The maximum Gasteiger partial charge on any atom is 0.341 e. The van der Waals surface area contributed by atoms with Crippen LogP contribution < -0.4 is 0 Å². The van der Waals surface area contributed by atoms with Crippen molar-refractivity contribution < 1.29 is 14.3 Å². The number of hydrogen-bond donors (Lipinski definition) is 0. The smallest absolute Gasteiger partial charge is 0.341 e. The number of hydrogen-bond acceptors (Lipinski definition) is 4. The number of methoxy groups -OCH3 is 1. The van der Waals surface area contributed by atoms with Gasteiger partial charge in [-0.1, -0.05) is 66.7 Å². The highest BCUT2D eigenvalue weighted by Gasteiger charge is 2.23. The molecule has 0 radical (unpaired) electrons. The fourth-order valence-electron chi connectivity index (χ4n) is 2.05. The van der Waals surface area contributed by atoms with E-state index in [4.69, 9.17) is 14.7 Å². The number of nitrogens with zero attached hydrogens (tertiary/aromatic N) is 1. The molecule has 4 nitrogen and oxygen atoms in total. The predicted molar refractivity (Wildman–Crippen MR) is 87.2 cm³/mol. The fourth-order valence-corrected chi connectivity index (χ4v) is 2.05. The summed E-state index contributed by atoms with van der Waals surface area (Å²) in [6.45, 7) is 0. The summed E-state index contributed by atoms with van der Waals surface area (Å²) in [7, 11) is 1.43. The summed E-state index contributed by atoms with van der Waals surface area (Å²) in [5.74, 6) is -0.594. The number of ether oxygens (including phenoxy) is 2. The summed E-state index contributed by atoms with van der Waals surface area (Å²) in [5.41, 5.74) is 1.61. The molecule has 0 amide bonds. The number of carbonyl (C=O) groups excluding carboxylic acids is 1. The van der Waals surface area contributed by atoms with Crippen molar-refractivity contribution in [2.75, 3.05) is 7.11 Å². The molecule has 0 bridgehead atoms. The van der Waals surface area contributed by atoms with Crippen LogP contribution in [0.5, 0.6) is 0 Å². The SMILES string of the molecule is CO[C@H](C(=O)O[C@@H](C#N)/C=C/c1ccccc1)c1ccccc1. The molecule has 2 aromatic rings. The molecule has 0 aliphatic heterocycles. The van der Waals surface area contributed by atoms with Crippen molar-refractivity contribution in [2.45, 2.75) is 12.2 Å². The average molecular weight is 307 g/mol. The quantitative estimate of drug-likeness (QED) is 0.766. The standard InChI is InChI=1S/C19H17NO3/c1-22-18(16-10-6-3-7-11-16)19(21)23-17(14-20)13-12-15-8-4-2-5-9-15/h2-13,17-18H,1H3/b13-12+/t17-,18+/m1/s1. The molecule has 0 spiro atoms. The van der Waals surface area contributed by atoms with Crippen molar-refractivity contribution in [3.05, 3.63) is 77.9 Å². The Morgan fingerprint density at radius 3 is 2.26 bits per heavy atom. The van der Waals surface area contributed by atoms with E-state index in [1.165, 1.54) is 7.11 Å². The van der Waals surface area contributed by atoms with E-state index >= 15 is 0 Å². The summed E-state index contributed by atoms with van der Waals surface area (Å²) in [5, 5.41) is 9.16. The van der Waals surface area contributed by atoms with E-state index in [1.54, 1.807) is 24.3 Å². The topological polar surface area (TPSA) is 59.3 Å². The van der Waals surface area contributed by atoms with Gasteiger partial charge in [0.25, 0.3) is 0 Å². The first-order chi connectivity index (χ1) is 11.2. The van der Waals surface area contributed by atoms with Crippen LogP contribution in [0.4, 0.5) is 0 Å². The lowest BCUT2D eigenvalue weighted by molar-refractivity contribution is -0.157. The van der Waals surface area contributed by atoms with Gasteiger partial charge >= 0.3 is 5.97 Å². The lowest BCUT2D eigenvalue weighted by Gasteiger charge is -2.16. The van der Waals surface area contributed by atoms with E-state index < -0.39 is 18.2 Å². The van der Waals surface area contributed by atoms with Gasteiger partial charge < -0.3 is 9.47 Å². The molecule has 2 atom stereocenters. The molecule has 0 fully saturated rings. The molecule has 23 heavy (non-hydrogen) atoms. The van der Waals surface area contributed by atoms with Crippen LogP contribution in [0, 0.1) is 11.3 Å². The monoisotopic (exact) mass is 307 g/mol. The second-order valence-corrected chi connectivity index (χ2v) is 4.78. The Hall–Kier alpha value is -2.90. The van der Waals surface area contributed by atoms with E-state index in [2.05, 4.69) is 0 Å². The maximum atomic E-state index is 12.2. The third-order valence-corrected chi connectivity index (χ3v) is 3.19. The zero-order valence-electron chi connectivity index (χ0n) is 12.8. The highest BCUT2D eigenvalue weighted by molar-refractivity contribution is 5.77. The van der Waals surface area contributed by atoms with Crippen molar-refractivity contribution >= 4 is 12.0 Å². The predicted octanol–water partition coefficient (Wildman–Crippen LogP) is 3.52. The zero-order valence-corrected chi connectivity index (χ0v) is 12.8. The Balaban J connectivity index is 2.04. The van der Waals surface area contributed by atoms with E-state index in [0.717, 1.165) is 5.56 Å². The normalized spacial score (nSPS) is 13.2. The Morgan fingerprint density at radius 2 is 1.70 bits per heavy atom. The lowest BCUT2D eigenvalue weighted by Crippen LogP contribution is -2.22. The Bertz CT molecular complexity index is 690. The number of esters is 1. The molecule has 0 unspecified atom stereocenters. The molecule has 0 saturated heterocycles. The van der Waals surface area contributed by atoms with Crippen molar-refractivity contribution in [2.24, 2.45) is 0 Å². The minimum absolute atomic E-state index is 0.594. The number of rotatable bonds is 6. The first kappa shape index (κ1) is 16.5. The minimum Gasteiger partial charge on any atom is -0.440 e. The highest BCUT2D eigenvalue weighted by atomic mass is 16.6. The molecule has 116 valence electrons. The van der Waals surface area contributed by atoms with Gasteiger partial charge in [-0.15, -0.1) is 0 Å². The zero-order chi connectivity index (χ0) is 16.5. The highest BCUT2D eigenvalue weighted by Crippen LogP contribution is 2.19. The van der Waals surface area contributed by atoms with Gasteiger partial charge in [0.2, 0.25) is 6.10 Å². The van der Waals surface area contributed by atoms with Crippen molar-refractivity contribution in [3.63, 3.8) is 0 Å². The third kappa shape index (κ3) is 4.80. The summed E-state index contributed by atoms with van der Waals surface area (Å²) >= 11 is 0. The van der Waals surface area contributed by atoms with Crippen LogP contribution in [0.3, 0.4) is 0 Å². The van der Waals surface area contributed by atoms with Gasteiger partial charge in [-0.3, -0.25) is 0 Å². The summed E-state index contributed by atoms with van der Waals surface area (Å²) in [6, 6.07) is 20.5. The molecule has 0 saturated carbocycles. The first-order valence-corrected chi connectivity index (χ1v) is 7.15. The Morgan fingerprint density at radius 1 is 1.09 bits per heavy atom. The second-order valence-electron chi connectivity index (χ2n) is 4.78. The van der Waals surface area contributed by atoms with Crippen LogP contribution in [0.25, 0.3) is 6.08 Å². The van der Waals surface area contributed by atoms with E-state index in [9.17, 15) is 4.79 Å². The van der Waals surface area contributed by atoms with E-state index in [0.29, 0.717) is 5.56 Å². The molecule has 0 N–H and O–H groups in total. The maximum absolute atomic E-state index is 12.2. The van der Waals surface area contributed by atoms with Gasteiger partial charge in [-0.05, 0) is 17.2 Å². The van der Waals surface area contributed by atoms with Crippen molar-refractivity contribution in [1.82, 2.24) is 0 Å². The largest absolute Gasteiger partial charge is 0.440 e. The molecule has 2 rings (SSSR count). The minimum atomic E-state index is -0.968. The van der Waals surface area contributed by atoms with Gasteiger partial charge in [0.05, 0.1) is 0 Å².